The maximum Gasteiger partial charge on any atom is 0.305 e. The van der Waals surface area contributed by atoms with Crippen LogP contribution in [-0.4, -0.2) is 41.4 Å². The molecular formula is C25H39N2O3+. The van der Waals surface area contributed by atoms with Gasteiger partial charge in [-0.15, -0.1) is 0 Å². The first kappa shape index (κ1) is 24.2. The number of aromatic nitrogens is 1. The second-order valence-electron chi connectivity index (χ2n) is 8.70. The van der Waals surface area contributed by atoms with Crippen LogP contribution in [0.1, 0.15) is 56.9 Å². The third-order valence-electron chi connectivity index (χ3n) is 5.45. The van der Waals surface area contributed by atoms with Gasteiger partial charge in [0.05, 0.1) is 12.2 Å². The third-order valence-corrected chi connectivity index (χ3v) is 5.45. The fraction of sp³-hybridized carbons (Fsp3) is 0.560. The zero-order valence-corrected chi connectivity index (χ0v) is 19.1. The number of hydrogen-bond donors (Lipinski definition) is 2. The SMILES string of the molecule is CCCC(=O)OC[C@@H](O)C[NH+](CCC(C)C)Cc1cccn1Cc1ccccc1C. The standard InChI is InChI=1S/C25H38N2O3/c1-5-9-25(29)30-19-24(28)18-26(15-13-20(2)3)17-23-12-8-14-27(23)16-22-11-7-6-10-21(22)4/h6-8,10-12,14,20,24,28H,5,9,13,15-19H2,1-4H3/p+1/t24-/m0/s1. The predicted molar refractivity (Wildman–Crippen MR) is 120 cm³/mol. The lowest BCUT2D eigenvalue weighted by Gasteiger charge is -2.24. The van der Waals surface area contributed by atoms with E-state index in [1.165, 1.54) is 21.7 Å². The predicted octanol–water partition coefficient (Wildman–Crippen LogP) is 2.98. The molecule has 166 valence electrons. The number of esters is 1. The molecular weight excluding hydrogens is 376 g/mol. The Hall–Kier alpha value is -2.11. The highest BCUT2D eigenvalue weighted by Crippen LogP contribution is 2.11. The normalized spacial score (nSPS) is 13.4. The van der Waals surface area contributed by atoms with Crippen molar-refractivity contribution in [3.8, 4) is 0 Å². The van der Waals surface area contributed by atoms with Gasteiger partial charge in [0, 0.05) is 19.2 Å². The van der Waals surface area contributed by atoms with Crippen LogP contribution in [0.5, 0.6) is 0 Å². The van der Waals surface area contributed by atoms with Crippen molar-refractivity contribution in [2.75, 3.05) is 19.7 Å². The lowest BCUT2D eigenvalue weighted by atomic mass is 10.1. The van der Waals surface area contributed by atoms with E-state index in [1.807, 2.05) is 6.92 Å². The quantitative estimate of drug-likeness (QED) is 0.495. The highest BCUT2D eigenvalue weighted by Gasteiger charge is 2.19. The van der Waals surface area contributed by atoms with E-state index in [9.17, 15) is 9.90 Å². The molecule has 0 aliphatic carbocycles. The summed E-state index contributed by atoms with van der Waals surface area (Å²) in [6, 6.07) is 12.7. The average Bonchev–Trinajstić information content (AvgIpc) is 3.13. The van der Waals surface area contributed by atoms with Crippen molar-refractivity contribution in [2.45, 2.75) is 66.2 Å². The van der Waals surface area contributed by atoms with Crippen LogP contribution in [0.2, 0.25) is 0 Å². The maximum atomic E-state index is 11.6. The molecule has 2 atom stereocenters. The molecule has 2 aromatic rings. The van der Waals surface area contributed by atoms with Gasteiger partial charge < -0.3 is 19.3 Å². The number of carbonyl (C=O) groups excluding carboxylic acids is 1. The Labute approximate surface area is 181 Å². The van der Waals surface area contributed by atoms with Crippen LogP contribution in [0.25, 0.3) is 0 Å². The second-order valence-corrected chi connectivity index (χ2v) is 8.70. The highest BCUT2D eigenvalue weighted by molar-refractivity contribution is 5.69. The molecule has 0 amide bonds. The van der Waals surface area contributed by atoms with Gasteiger partial charge >= 0.3 is 5.97 Å². The molecule has 1 aromatic heterocycles. The molecule has 0 saturated heterocycles. The summed E-state index contributed by atoms with van der Waals surface area (Å²) in [5.74, 6) is 0.380. The van der Waals surface area contributed by atoms with Crippen LogP contribution >= 0.6 is 0 Å². The first-order valence-electron chi connectivity index (χ1n) is 11.2. The molecule has 1 aromatic carbocycles. The lowest BCUT2D eigenvalue weighted by molar-refractivity contribution is -0.917. The van der Waals surface area contributed by atoms with E-state index >= 15 is 0 Å². The van der Waals surface area contributed by atoms with Gasteiger partial charge in [-0.25, -0.2) is 0 Å². The molecule has 30 heavy (non-hydrogen) atoms. The number of nitrogens with one attached hydrogen (secondary N) is 1. The fourth-order valence-electron chi connectivity index (χ4n) is 3.60. The summed E-state index contributed by atoms with van der Waals surface area (Å²) in [6.45, 7) is 11.9. The van der Waals surface area contributed by atoms with Crippen molar-refractivity contribution in [1.29, 1.82) is 0 Å². The average molecular weight is 416 g/mol. The van der Waals surface area contributed by atoms with Gasteiger partial charge in [-0.2, -0.15) is 0 Å². The number of rotatable bonds is 13. The number of aliphatic hydroxyl groups excluding tert-OH is 1. The van der Waals surface area contributed by atoms with Gasteiger partial charge in [-0.3, -0.25) is 4.79 Å². The number of ether oxygens (including phenoxy) is 1. The molecule has 0 saturated carbocycles. The second kappa shape index (κ2) is 12.6. The number of aliphatic hydroxyl groups is 1. The van der Waals surface area contributed by atoms with E-state index < -0.39 is 6.10 Å². The van der Waals surface area contributed by atoms with E-state index in [0.29, 0.717) is 18.9 Å². The molecule has 5 heteroatoms. The van der Waals surface area contributed by atoms with E-state index in [-0.39, 0.29) is 12.6 Å². The Morgan fingerprint density at radius 2 is 1.97 bits per heavy atom. The highest BCUT2D eigenvalue weighted by atomic mass is 16.5. The van der Waals surface area contributed by atoms with Crippen molar-refractivity contribution in [1.82, 2.24) is 4.57 Å². The molecule has 0 bridgehead atoms. The molecule has 0 spiro atoms. The summed E-state index contributed by atoms with van der Waals surface area (Å²) in [5, 5.41) is 10.5. The summed E-state index contributed by atoms with van der Waals surface area (Å²) in [5.41, 5.74) is 3.87. The van der Waals surface area contributed by atoms with Crippen LogP contribution in [0.4, 0.5) is 0 Å². The summed E-state index contributed by atoms with van der Waals surface area (Å²) in [4.78, 5) is 12.9. The molecule has 2 rings (SSSR count). The molecule has 2 N–H and O–H groups in total. The Kier molecular flexibility index (Phi) is 10.1. The smallest absolute Gasteiger partial charge is 0.305 e. The number of carbonyl (C=O) groups is 1. The van der Waals surface area contributed by atoms with Crippen LogP contribution in [0.3, 0.4) is 0 Å². The first-order chi connectivity index (χ1) is 14.4. The van der Waals surface area contributed by atoms with Crippen molar-refractivity contribution < 1.29 is 19.5 Å². The summed E-state index contributed by atoms with van der Waals surface area (Å²) in [7, 11) is 0. The van der Waals surface area contributed by atoms with Gasteiger partial charge in [-0.05, 0) is 48.9 Å². The van der Waals surface area contributed by atoms with Gasteiger partial charge in [0.2, 0.25) is 0 Å². The summed E-state index contributed by atoms with van der Waals surface area (Å²) < 4.78 is 7.51. The lowest BCUT2D eigenvalue weighted by Crippen LogP contribution is -3.12. The van der Waals surface area contributed by atoms with E-state index in [1.54, 1.807) is 0 Å². The zero-order chi connectivity index (χ0) is 21.9. The molecule has 1 unspecified atom stereocenters. The largest absolute Gasteiger partial charge is 0.463 e. The Balaban J connectivity index is 2.01. The third kappa shape index (κ3) is 8.33. The summed E-state index contributed by atoms with van der Waals surface area (Å²) >= 11 is 0. The Morgan fingerprint density at radius 3 is 2.67 bits per heavy atom. The minimum atomic E-state index is -0.646. The minimum absolute atomic E-state index is 0.0776. The minimum Gasteiger partial charge on any atom is -0.463 e. The van der Waals surface area contributed by atoms with Gasteiger partial charge in [0.1, 0.15) is 25.8 Å². The Bertz CT molecular complexity index is 769. The number of aryl methyl sites for hydroxylation is 1. The topological polar surface area (TPSA) is 55.9 Å². The molecule has 0 radical (unpaired) electrons. The van der Waals surface area contributed by atoms with Crippen molar-refractivity contribution in [3.05, 3.63) is 59.4 Å². The van der Waals surface area contributed by atoms with E-state index in [2.05, 4.69) is 67.9 Å². The van der Waals surface area contributed by atoms with Crippen molar-refractivity contribution in [3.63, 3.8) is 0 Å². The van der Waals surface area contributed by atoms with E-state index in [0.717, 1.165) is 32.5 Å². The van der Waals surface area contributed by atoms with Crippen molar-refractivity contribution in [2.24, 2.45) is 5.92 Å². The number of benzene rings is 1. The number of nitrogens with zero attached hydrogens (tertiary/aromatic N) is 1. The zero-order valence-electron chi connectivity index (χ0n) is 19.1. The van der Waals surface area contributed by atoms with Crippen LogP contribution in [0, 0.1) is 12.8 Å². The number of quaternary nitrogens is 1. The molecule has 0 aliphatic rings. The molecule has 0 aliphatic heterocycles. The molecule has 0 fully saturated rings. The van der Waals surface area contributed by atoms with Gasteiger partial charge in [0.15, 0.2) is 0 Å². The monoisotopic (exact) mass is 415 g/mol. The fourth-order valence-corrected chi connectivity index (χ4v) is 3.60. The van der Waals surface area contributed by atoms with Gasteiger partial charge in [-0.1, -0.05) is 45.0 Å². The van der Waals surface area contributed by atoms with E-state index in [4.69, 9.17) is 4.74 Å². The van der Waals surface area contributed by atoms with Crippen LogP contribution in [-0.2, 0) is 22.6 Å². The maximum absolute atomic E-state index is 11.6. The summed E-state index contributed by atoms with van der Waals surface area (Å²) in [6.07, 6.45) is 3.75. The Morgan fingerprint density at radius 1 is 1.20 bits per heavy atom. The van der Waals surface area contributed by atoms with Crippen molar-refractivity contribution >= 4 is 5.97 Å². The number of hydrogen-bond acceptors (Lipinski definition) is 3. The molecule has 5 nitrogen and oxygen atoms in total. The van der Waals surface area contributed by atoms with Crippen LogP contribution in [0.15, 0.2) is 42.6 Å². The first-order valence-corrected chi connectivity index (χ1v) is 11.2. The van der Waals surface area contributed by atoms with Crippen LogP contribution < -0.4 is 4.90 Å². The molecule has 1 heterocycles. The van der Waals surface area contributed by atoms with Gasteiger partial charge in [0.25, 0.3) is 0 Å².